The molecule has 2 rings (SSSR count). The molecule has 0 aliphatic carbocycles. The number of hydrogen-bond acceptors (Lipinski definition) is 11. The van der Waals surface area contributed by atoms with Crippen LogP contribution in [0.25, 0.3) is 0 Å². The smallest absolute Gasteiger partial charge is 0.158 e. The number of azo groups is 1. The minimum atomic E-state index is -0.00232. The molecule has 4 N–H and O–H groups in total. The second kappa shape index (κ2) is 11.6. The topological polar surface area (TPSA) is 174 Å². The first-order valence-electron chi connectivity index (χ1n) is 9.51. The van der Waals surface area contributed by atoms with Gasteiger partial charge in [0.05, 0.1) is 11.1 Å². The third-order valence-electron chi connectivity index (χ3n) is 4.36. The summed E-state index contributed by atoms with van der Waals surface area (Å²) in [6.07, 6.45) is 0.981. The van der Waals surface area contributed by atoms with Gasteiger partial charge in [0.25, 0.3) is 0 Å². The summed E-state index contributed by atoms with van der Waals surface area (Å²) in [4.78, 5) is 4.86. The van der Waals surface area contributed by atoms with Gasteiger partial charge in [-0.3, -0.25) is 0 Å². The number of aliphatic hydroxyl groups excluding tert-OH is 2. The van der Waals surface area contributed by atoms with Crippen molar-refractivity contribution in [1.29, 1.82) is 15.8 Å². The molecule has 0 radical (unpaired) electrons. The van der Waals surface area contributed by atoms with Crippen LogP contribution in [0.5, 0.6) is 0 Å². The Morgan fingerprint density at radius 1 is 0.871 bits per heavy atom. The summed E-state index contributed by atoms with van der Waals surface area (Å²) in [5, 5.41) is 61.2. The number of rotatable bonds is 10. The Bertz CT molecular complexity index is 1090. The summed E-state index contributed by atoms with van der Waals surface area (Å²) in [5.41, 5.74) is 2.00. The fourth-order valence-electron chi connectivity index (χ4n) is 2.68. The van der Waals surface area contributed by atoms with Crippen molar-refractivity contribution in [3.05, 3.63) is 27.1 Å². The molecule has 0 aliphatic heterocycles. The zero-order valence-corrected chi connectivity index (χ0v) is 18.0. The van der Waals surface area contributed by atoms with Crippen molar-refractivity contribution in [2.45, 2.75) is 26.7 Å². The molecule has 0 aliphatic rings. The van der Waals surface area contributed by atoms with Crippen molar-refractivity contribution < 1.29 is 10.2 Å². The van der Waals surface area contributed by atoms with Gasteiger partial charge in [-0.1, -0.05) is 0 Å². The van der Waals surface area contributed by atoms with Gasteiger partial charge in [-0.05, 0) is 32.3 Å². The Morgan fingerprint density at radius 2 is 1.48 bits per heavy atom. The molecule has 2 heterocycles. The summed E-state index contributed by atoms with van der Waals surface area (Å²) in [7, 11) is 0. The van der Waals surface area contributed by atoms with Crippen LogP contribution in [-0.4, -0.2) is 41.5 Å². The average molecular weight is 439 g/mol. The first-order valence-corrected chi connectivity index (χ1v) is 10.3. The molecule has 2 aromatic rings. The summed E-state index contributed by atoms with van der Waals surface area (Å²) < 4.78 is 0. The zero-order chi connectivity index (χ0) is 22.8. The average Bonchev–Trinajstić information content (AvgIpc) is 3.08. The largest absolute Gasteiger partial charge is 0.396 e. The minimum Gasteiger partial charge on any atom is -0.396 e. The number of nitrogens with one attached hydrogen (secondary N) is 2. The van der Waals surface area contributed by atoms with E-state index in [1.807, 2.05) is 6.07 Å². The molecule has 0 atom stereocenters. The highest BCUT2D eigenvalue weighted by atomic mass is 32.1. The van der Waals surface area contributed by atoms with Crippen molar-refractivity contribution >= 4 is 33.7 Å². The number of hydrogen-bond donors (Lipinski definition) is 4. The van der Waals surface area contributed by atoms with Gasteiger partial charge in [0, 0.05) is 31.9 Å². The SMILES string of the molecule is Cc1c(C#N)sc(N=Nc2c(NCCCO)nc(NCCCO)c(C#N)c2C)c1C#N. The van der Waals surface area contributed by atoms with Gasteiger partial charge in [-0.15, -0.1) is 21.6 Å². The molecule has 31 heavy (non-hydrogen) atoms. The molecule has 0 saturated carbocycles. The maximum atomic E-state index is 9.64. The molecule has 0 saturated heterocycles. The number of thiophene rings is 1. The molecular formula is C20H22N8O2S. The number of anilines is 2. The normalized spacial score (nSPS) is 10.5. The van der Waals surface area contributed by atoms with Crippen molar-refractivity contribution in [1.82, 2.24) is 4.98 Å². The summed E-state index contributed by atoms with van der Waals surface area (Å²) in [6.45, 7) is 4.27. The lowest BCUT2D eigenvalue weighted by Crippen LogP contribution is -2.11. The summed E-state index contributed by atoms with van der Waals surface area (Å²) in [5.74, 6) is 0.725. The summed E-state index contributed by atoms with van der Waals surface area (Å²) in [6, 6.07) is 6.21. The van der Waals surface area contributed by atoms with Crippen LogP contribution >= 0.6 is 11.3 Å². The van der Waals surface area contributed by atoms with Crippen LogP contribution in [0.1, 0.15) is 40.0 Å². The van der Waals surface area contributed by atoms with Crippen LogP contribution in [0, 0.1) is 47.8 Å². The first kappa shape index (κ1) is 23.7. The Kier molecular flexibility index (Phi) is 8.86. The van der Waals surface area contributed by atoms with E-state index in [2.05, 4.69) is 38.0 Å². The second-order valence-corrected chi connectivity index (χ2v) is 7.44. The molecule has 0 unspecified atom stereocenters. The minimum absolute atomic E-state index is 0.00232. The van der Waals surface area contributed by atoms with E-state index >= 15 is 0 Å². The standard InChI is InChI=1S/C20H22N8O2S/c1-12-15(10-22)20(31-16(12)11-23)28-27-17-13(2)14(9-21)18(24-5-3-7-29)26-19(17)25-6-4-8-30/h29-30H,3-8H2,1-2H3,(H2,24,25,26). The highest BCUT2D eigenvalue weighted by molar-refractivity contribution is 7.16. The maximum Gasteiger partial charge on any atom is 0.158 e. The van der Waals surface area contributed by atoms with Crippen LogP contribution in [0.15, 0.2) is 10.2 Å². The molecule has 0 amide bonds. The van der Waals surface area contributed by atoms with Crippen LogP contribution in [0.2, 0.25) is 0 Å². The predicted molar refractivity (Wildman–Crippen MR) is 117 cm³/mol. The fraction of sp³-hybridized carbons (Fsp3) is 0.400. The molecular weight excluding hydrogens is 416 g/mol. The highest BCUT2D eigenvalue weighted by Crippen LogP contribution is 2.38. The Morgan fingerprint density at radius 3 is 2.03 bits per heavy atom. The van der Waals surface area contributed by atoms with E-state index in [0.29, 0.717) is 69.8 Å². The quantitative estimate of drug-likeness (QED) is 0.322. The number of nitriles is 3. The van der Waals surface area contributed by atoms with E-state index < -0.39 is 0 Å². The van der Waals surface area contributed by atoms with Crippen molar-refractivity contribution in [3.8, 4) is 18.2 Å². The predicted octanol–water partition coefficient (Wildman–Crippen LogP) is 3.38. The molecule has 160 valence electrons. The number of aromatic nitrogens is 1. The lowest BCUT2D eigenvalue weighted by molar-refractivity contribution is 0.292. The number of aliphatic hydroxyl groups is 2. The lowest BCUT2D eigenvalue weighted by atomic mass is 10.1. The van der Waals surface area contributed by atoms with E-state index in [-0.39, 0.29) is 18.8 Å². The maximum absolute atomic E-state index is 9.64. The number of nitrogens with zero attached hydrogens (tertiary/aromatic N) is 6. The van der Waals surface area contributed by atoms with Crippen LogP contribution in [-0.2, 0) is 0 Å². The van der Waals surface area contributed by atoms with Gasteiger partial charge in [0.1, 0.15) is 34.6 Å². The van der Waals surface area contributed by atoms with E-state index in [4.69, 9.17) is 10.2 Å². The van der Waals surface area contributed by atoms with Gasteiger partial charge in [-0.25, -0.2) is 4.98 Å². The van der Waals surface area contributed by atoms with E-state index in [0.717, 1.165) is 11.3 Å². The zero-order valence-electron chi connectivity index (χ0n) is 17.2. The van der Waals surface area contributed by atoms with Crippen LogP contribution in [0.3, 0.4) is 0 Å². The molecule has 0 spiro atoms. The Balaban J connectivity index is 2.54. The molecule has 0 aromatic carbocycles. The third kappa shape index (κ3) is 5.53. The van der Waals surface area contributed by atoms with E-state index in [1.54, 1.807) is 13.8 Å². The van der Waals surface area contributed by atoms with Crippen LogP contribution in [0.4, 0.5) is 22.3 Å². The molecule has 2 aromatic heterocycles. The second-order valence-electron chi connectivity index (χ2n) is 6.44. The number of pyridine rings is 1. The van der Waals surface area contributed by atoms with E-state index in [1.165, 1.54) is 0 Å². The van der Waals surface area contributed by atoms with E-state index in [9.17, 15) is 15.8 Å². The Hall–Kier alpha value is -3.56. The third-order valence-corrected chi connectivity index (χ3v) is 5.44. The van der Waals surface area contributed by atoms with Gasteiger partial charge in [0.2, 0.25) is 0 Å². The molecule has 10 nitrogen and oxygen atoms in total. The van der Waals surface area contributed by atoms with Gasteiger partial charge in [0.15, 0.2) is 10.8 Å². The first-order chi connectivity index (χ1) is 15.0. The molecule has 11 heteroatoms. The van der Waals surface area contributed by atoms with Crippen molar-refractivity contribution in [2.24, 2.45) is 10.2 Å². The van der Waals surface area contributed by atoms with Crippen molar-refractivity contribution in [2.75, 3.05) is 36.9 Å². The summed E-state index contributed by atoms with van der Waals surface area (Å²) >= 11 is 1.07. The monoisotopic (exact) mass is 438 g/mol. The van der Waals surface area contributed by atoms with Gasteiger partial charge < -0.3 is 20.8 Å². The highest BCUT2D eigenvalue weighted by Gasteiger charge is 2.19. The van der Waals surface area contributed by atoms with Gasteiger partial charge in [-0.2, -0.15) is 15.8 Å². The molecule has 0 fully saturated rings. The molecule has 0 bridgehead atoms. The van der Waals surface area contributed by atoms with Gasteiger partial charge >= 0.3 is 0 Å². The van der Waals surface area contributed by atoms with Crippen molar-refractivity contribution in [3.63, 3.8) is 0 Å². The van der Waals surface area contributed by atoms with Crippen LogP contribution < -0.4 is 10.6 Å². The fourth-order valence-corrected chi connectivity index (χ4v) is 3.56. The lowest BCUT2D eigenvalue weighted by Gasteiger charge is -2.15. The Labute approximate surface area is 184 Å².